The second-order valence-corrected chi connectivity index (χ2v) is 11.5. The Morgan fingerprint density at radius 3 is 1.87 bits per heavy atom. The van der Waals surface area contributed by atoms with E-state index in [1.54, 1.807) is 13.8 Å². The molecule has 0 unspecified atom stereocenters. The number of esters is 5. The Morgan fingerprint density at radius 1 is 0.800 bits per heavy atom. The number of hydrogen-bond donors (Lipinski definition) is 2. The fourth-order valence-electron chi connectivity index (χ4n) is 5.66. The molecule has 45 heavy (non-hydrogen) atoms. The molecule has 0 aromatic heterocycles. The van der Waals surface area contributed by atoms with Crippen LogP contribution in [0.1, 0.15) is 72.1 Å². The molecule has 3 aliphatic heterocycles. The van der Waals surface area contributed by atoms with Crippen molar-refractivity contribution in [3.8, 4) is 0 Å². The van der Waals surface area contributed by atoms with Gasteiger partial charge in [-0.25, -0.2) is 19.2 Å². The van der Waals surface area contributed by atoms with Crippen LogP contribution in [0.15, 0.2) is 58.5 Å². The highest BCUT2D eigenvalue weighted by molar-refractivity contribution is 6.15. The van der Waals surface area contributed by atoms with E-state index in [9.17, 15) is 34.2 Å². The summed E-state index contributed by atoms with van der Waals surface area (Å²) >= 11 is 0. The molecule has 14 nitrogen and oxygen atoms in total. The van der Waals surface area contributed by atoms with Gasteiger partial charge in [0.25, 0.3) is 29.3 Å². The molecule has 2 aliphatic carbocycles. The molecular weight excluding hydrogens is 596 g/mol. The Bertz CT molecular complexity index is 1440. The molecule has 0 amide bonds. The van der Waals surface area contributed by atoms with Crippen molar-refractivity contribution in [1.82, 2.24) is 0 Å². The average molecular weight is 631 g/mol. The van der Waals surface area contributed by atoms with Gasteiger partial charge >= 0.3 is 29.8 Å². The van der Waals surface area contributed by atoms with Crippen LogP contribution in [0.4, 0.5) is 0 Å². The number of carbonyl (C=O) groups is 5. The van der Waals surface area contributed by atoms with Crippen LogP contribution < -0.4 is 0 Å². The van der Waals surface area contributed by atoms with Gasteiger partial charge in [-0.05, 0) is 45.8 Å². The fourth-order valence-corrected chi connectivity index (χ4v) is 5.66. The van der Waals surface area contributed by atoms with E-state index in [0.29, 0.717) is 18.4 Å². The lowest BCUT2D eigenvalue weighted by Gasteiger charge is -2.46. The summed E-state index contributed by atoms with van der Waals surface area (Å²) in [5, 5.41) is 20.4. The van der Waals surface area contributed by atoms with Gasteiger partial charge in [0.05, 0.1) is 12.5 Å². The van der Waals surface area contributed by atoms with Gasteiger partial charge in [0, 0.05) is 38.5 Å². The minimum Gasteiger partial charge on any atom is -0.481 e. The van der Waals surface area contributed by atoms with Crippen molar-refractivity contribution < 1.29 is 67.3 Å². The molecule has 1 saturated heterocycles. The summed E-state index contributed by atoms with van der Waals surface area (Å²) < 4.78 is 37.9. The zero-order valence-corrected chi connectivity index (χ0v) is 25.0. The number of allylic oxidation sites excluding steroid dienone is 4. The van der Waals surface area contributed by atoms with Crippen LogP contribution in [0.5, 0.6) is 0 Å². The van der Waals surface area contributed by atoms with Gasteiger partial charge in [-0.15, -0.1) is 0 Å². The van der Waals surface area contributed by atoms with E-state index in [0.717, 1.165) is 0 Å². The molecule has 0 atom stereocenters. The lowest BCUT2D eigenvalue weighted by Crippen LogP contribution is -2.54. The largest absolute Gasteiger partial charge is 0.481 e. The van der Waals surface area contributed by atoms with Gasteiger partial charge in [0.2, 0.25) is 0 Å². The van der Waals surface area contributed by atoms with Crippen molar-refractivity contribution in [2.24, 2.45) is 5.92 Å². The molecule has 0 radical (unpaired) electrons. The maximum Gasteiger partial charge on any atom is 0.348 e. The van der Waals surface area contributed by atoms with E-state index in [1.165, 1.54) is 31.2 Å². The monoisotopic (exact) mass is 630 g/mol. The molecule has 3 heterocycles. The van der Waals surface area contributed by atoms with E-state index in [2.05, 4.69) is 0 Å². The molecule has 242 valence electrons. The topological polar surface area (TPSA) is 190 Å². The zero-order valence-electron chi connectivity index (χ0n) is 25.0. The summed E-state index contributed by atoms with van der Waals surface area (Å²) in [6, 6.07) is 0. The van der Waals surface area contributed by atoms with Gasteiger partial charge in [-0.3, -0.25) is 4.79 Å². The lowest BCUT2D eigenvalue weighted by molar-refractivity contribution is -0.297. The molecule has 3 fully saturated rings. The van der Waals surface area contributed by atoms with E-state index < -0.39 is 53.1 Å². The van der Waals surface area contributed by atoms with Crippen LogP contribution in [0.25, 0.3) is 0 Å². The number of ether oxygens (including phenoxy) is 7. The van der Waals surface area contributed by atoms with E-state index in [4.69, 9.17) is 33.2 Å². The highest BCUT2D eigenvalue weighted by Crippen LogP contribution is 2.46. The average Bonchev–Trinajstić information content (AvgIpc) is 2.97. The molecule has 0 aromatic rings. The van der Waals surface area contributed by atoms with Crippen molar-refractivity contribution in [2.45, 2.75) is 89.5 Å². The molecule has 14 heteroatoms. The van der Waals surface area contributed by atoms with Crippen LogP contribution >= 0.6 is 0 Å². The highest BCUT2D eigenvalue weighted by Gasteiger charge is 2.56. The summed E-state index contributed by atoms with van der Waals surface area (Å²) in [7, 11) is 0. The molecule has 0 bridgehead atoms. The van der Waals surface area contributed by atoms with E-state index in [-0.39, 0.29) is 73.7 Å². The Labute approximate surface area is 257 Å². The van der Waals surface area contributed by atoms with Gasteiger partial charge in [-0.1, -0.05) is 17.7 Å². The van der Waals surface area contributed by atoms with Crippen molar-refractivity contribution in [1.29, 1.82) is 0 Å². The van der Waals surface area contributed by atoms with E-state index in [1.807, 2.05) is 0 Å². The van der Waals surface area contributed by atoms with Crippen LogP contribution in [-0.4, -0.2) is 64.0 Å². The zero-order chi connectivity index (χ0) is 32.6. The quantitative estimate of drug-likeness (QED) is 0.147. The van der Waals surface area contributed by atoms with Crippen molar-refractivity contribution in [3.05, 3.63) is 58.5 Å². The Hall–Kier alpha value is -4.75. The van der Waals surface area contributed by atoms with Crippen LogP contribution in [0, 0.1) is 5.92 Å². The first-order chi connectivity index (χ1) is 21.3. The summed E-state index contributed by atoms with van der Waals surface area (Å²) in [6.45, 7) is 4.97. The first kappa shape index (κ1) is 31.7. The third-order valence-electron chi connectivity index (χ3n) is 8.36. The molecular formula is C31H34O14. The van der Waals surface area contributed by atoms with Gasteiger partial charge in [-0.2, -0.15) is 0 Å². The van der Waals surface area contributed by atoms with Gasteiger partial charge < -0.3 is 43.4 Å². The second-order valence-electron chi connectivity index (χ2n) is 11.5. The standard InChI is InChI=1S/C31H34O14/c1-4-39-24(34)19-9-11-29(12-10-19)42-25(35)20(26(36)43-29)7-5-17(2)6-8-21-27(37)44-31(45-28(21)38)15-13-30(14-16-31)40-22(32)18(3)23(33)41-30/h5-8,19,32,35H,4,9-16H2,1-3H3/b7-5+,17-6+,21-8?. The SMILES string of the molecule is CCOC(=O)C1CCC2(CC1)OC(=O)C(/C=C/C(C)=C/C=C1C(=O)OC3(CCC4(CC3)OC(=O)C(C)=C(O)O4)OC1=O)=C(O)O2. The van der Waals surface area contributed by atoms with Gasteiger partial charge in [0.1, 0.15) is 16.7 Å². The lowest BCUT2D eigenvalue weighted by atomic mass is 9.84. The minimum atomic E-state index is -1.57. The summed E-state index contributed by atoms with van der Waals surface area (Å²) in [5.41, 5.74) is -0.183. The Kier molecular flexibility index (Phi) is 8.43. The number of rotatable bonds is 5. The summed E-state index contributed by atoms with van der Waals surface area (Å²) in [4.78, 5) is 62.4. The summed E-state index contributed by atoms with van der Waals surface area (Å²) in [6.07, 6.45) is 6.47. The maximum atomic E-state index is 12.8. The van der Waals surface area contributed by atoms with Crippen LogP contribution in [0.2, 0.25) is 0 Å². The predicted octanol–water partition coefficient (Wildman–Crippen LogP) is 3.64. The van der Waals surface area contributed by atoms with E-state index >= 15 is 0 Å². The molecule has 3 spiro atoms. The number of aliphatic hydroxyl groups is 2. The minimum absolute atomic E-state index is 0.00354. The Balaban J connectivity index is 1.19. The first-order valence-corrected chi connectivity index (χ1v) is 14.7. The number of hydrogen-bond acceptors (Lipinski definition) is 14. The predicted molar refractivity (Wildman–Crippen MR) is 148 cm³/mol. The smallest absolute Gasteiger partial charge is 0.348 e. The molecule has 2 saturated carbocycles. The molecule has 5 aliphatic rings. The fraction of sp³-hybridized carbons (Fsp3) is 0.516. The first-order valence-electron chi connectivity index (χ1n) is 14.7. The number of aliphatic hydroxyl groups excluding tert-OH is 2. The molecule has 0 aromatic carbocycles. The van der Waals surface area contributed by atoms with Crippen LogP contribution in [-0.2, 0) is 57.1 Å². The highest BCUT2D eigenvalue weighted by atomic mass is 16.8. The van der Waals surface area contributed by atoms with Crippen molar-refractivity contribution in [3.63, 3.8) is 0 Å². The Morgan fingerprint density at radius 2 is 1.31 bits per heavy atom. The molecule has 2 N–H and O–H groups in total. The second kappa shape index (κ2) is 12.0. The normalized spacial score (nSPS) is 32.2. The van der Waals surface area contributed by atoms with Crippen molar-refractivity contribution in [2.75, 3.05) is 6.61 Å². The van der Waals surface area contributed by atoms with Gasteiger partial charge in [0.15, 0.2) is 0 Å². The number of carbonyl (C=O) groups excluding carboxylic acids is 5. The maximum absolute atomic E-state index is 12.8. The summed E-state index contributed by atoms with van der Waals surface area (Å²) in [5.74, 6) is -9.54. The third-order valence-corrected chi connectivity index (χ3v) is 8.36. The third kappa shape index (κ3) is 6.40. The van der Waals surface area contributed by atoms with Crippen LogP contribution in [0.3, 0.4) is 0 Å². The molecule has 5 rings (SSSR count). The van der Waals surface area contributed by atoms with Crippen molar-refractivity contribution >= 4 is 29.8 Å².